The molecule has 3 heteroatoms. The van der Waals surface area contributed by atoms with Gasteiger partial charge in [0.15, 0.2) is 0 Å². The number of hydrogen-bond acceptors (Lipinski definition) is 2. The van der Waals surface area contributed by atoms with Crippen molar-refractivity contribution in [3.63, 3.8) is 0 Å². The molecule has 0 spiro atoms. The van der Waals surface area contributed by atoms with E-state index in [9.17, 15) is 0 Å². The predicted molar refractivity (Wildman–Crippen MR) is 88.7 cm³/mol. The summed E-state index contributed by atoms with van der Waals surface area (Å²) in [7, 11) is 2.22. The predicted octanol–water partition coefficient (Wildman–Crippen LogP) is 4.47. The average Bonchev–Trinajstić information content (AvgIpc) is 2.46. The van der Waals surface area contributed by atoms with Crippen LogP contribution >= 0.6 is 11.6 Å². The van der Waals surface area contributed by atoms with Gasteiger partial charge in [-0.05, 0) is 49.1 Å². The van der Waals surface area contributed by atoms with Crippen molar-refractivity contribution in [2.75, 3.05) is 25.0 Å². The van der Waals surface area contributed by atoms with Crippen molar-refractivity contribution in [2.24, 2.45) is 5.92 Å². The lowest BCUT2D eigenvalue weighted by Gasteiger charge is -2.30. The van der Waals surface area contributed by atoms with Crippen molar-refractivity contribution in [1.82, 2.24) is 5.32 Å². The molecule has 0 aromatic heterocycles. The van der Waals surface area contributed by atoms with E-state index in [-0.39, 0.29) is 0 Å². The SMILES string of the molecule is CCNCc1cc(Cl)ccc1N(C)CC1CCCCC1. The van der Waals surface area contributed by atoms with Gasteiger partial charge in [0.1, 0.15) is 0 Å². The first-order valence-electron chi connectivity index (χ1n) is 7.91. The van der Waals surface area contributed by atoms with Crippen LogP contribution in [-0.2, 0) is 6.54 Å². The summed E-state index contributed by atoms with van der Waals surface area (Å²) in [5.41, 5.74) is 2.62. The number of halogens is 1. The summed E-state index contributed by atoms with van der Waals surface area (Å²) in [5.74, 6) is 0.858. The summed E-state index contributed by atoms with van der Waals surface area (Å²) in [6, 6.07) is 6.26. The van der Waals surface area contributed by atoms with Gasteiger partial charge in [0.25, 0.3) is 0 Å². The molecule has 1 aromatic carbocycles. The van der Waals surface area contributed by atoms with Crippen molar-refractivity contribution in [3.05, 3.63) is 28.8 Å². The third-order valence-electron chi connectivity index (χ3n) is 4.28. The molecular weight excluding hydrogens is 268 g/mol. The van der Waals surface area contributed by atoms with Crippen LogP contribution in [0.1, 0.15) is 44.6 Å². The Bertz CT molecular complexity index is 413. The Morgan fingerprint density at radius 3 is 2.70 bits per heavy atom. The van der Waals surface area contributed by atoms with Gasteiger partial charge in [-0.1, -0.05) is 37.8 Å². The first-order valence-corrected chi connectivity index (χ1v) is 8.28. The Labute approximate surface area is 128 Å². The number of benzene rings is 1. The van der Waals surface area contributed by atoms with Crippen molar-refractivity contribution in [3.8, 4) is 0 Å². The molecule has 1 aliphatic carbocycles. The first kappa shape index (κ1) is 15.7. The molecule has 2 nitrogen and oxygen atoms in total. The summed E-state index contributed by atoms with van der Waals surface area (Å²) in [4.78, 5) is 2.42. The molecule has 1 aromatic rings. The van der Waals surface area contributed by atoms with Gasteiger partial charge < -0.3 is 10.2 Å². The Morgan fingerprint density at radius 1 is 1.25 bits per heavy atom. The smallest absolute Gasteiger partial charge is 0.0410 e. The number of nitrogens with one attached hydrogen (secondary N) is 1. The minimum absolute atomic E-state index is 0.827. The second-order valence-electron chi connectivity index (χ2n) is 5.94. The van der Waals surface area contributed by atoms with Crippen molar-refractivity contribution < 1.29 is 0 Å². The summed E-state index contributed by atoms with van der Waals surface area (Å²) in [6.45, 7) is 5.18. The molecule has 0 amide bonds. The minimum Gasteiger partial charge on any atom is -0.374 e. The van der Waals surface area contributed by atoms with E-state index in [1.165, 1.54) is 49.9 Å². The van der Waals surface area contributed by atoms with Gasteiger partial charge in [0.2, 0.25) is 0 Å². The summed E-state index contributed by atoms with van der Waals surface area (Å²) in [5, 5.41) is 4.23. The van der Waals surface area contributed by atoms with Crippen LogP contribution in [0.3, 0.4) is 0 Å². The molecule has 0 heterocycles. The molecule has 1 saturated carbocycles. The number of nitrogens with zero attached hydrogens (tertiary/aromatic N) is 1. The van der Waals surface area contributed by atoms with E-state index in [0.717, 1.165) is 24.0 Å². The molecule has 0 bridgehead atoms. The molecule has 0 unspecified atom stereocenters. The Kier molecular flexibility index (Phi) is 6.18. The molecule has 0 saturated heterocycles. The maximum atomic E-state index is 6.15. The molecule has 0 atom stereocenters. The summed E-state index contributed by atoms with van der Waals surface area (Å²) in [6.07, 6.45) is 7.01. The largest absolute Gasteiger partial charge is 0.374 e. The summed E-state index contributed by atoms with van der Waals surface area (Å²) < 4.78 is 0. The van der Waals surface area contributed by atoms with Crippen LogP contribution in [-0.4, -0.2) is 20.1 Å². The standard InChI is InChI=1S/C17H27ClN2/c1-3-19-12-15-11-16(18)9-10-17(15)20(2)13-14-7-5-4-6-8-14/h9-11,14,19H,3-8,12-13H2,1-2H3. The Balaban J connectivity index is 2.05. The monoisotopic (exact) mass is 294 g/mol. The fraction of sp³-hybridized carbons (Fsp3) is 0.647. The molecule has 1 N–H and O–H groups in total. The highest BCUT2D eigenvalue weighted by Gasteiger charge is 2.17. The van der Waals surface area contributed by atoms with Crippen LogP contribution in [0.15, 0.2) is 18.2 Å². The fourth-order valence-electron chi connectivity index (χ4n) is 3.18. The van der Waals surface area contributed by atoms with Crippen molar-refractivity contribution in [2.45, 2.75) is 45.6 Å². The van der Waals surface area contributed by atoms with Gasteiger partial charge in [0, 0.05) is 30.8 Å². The van der Waals surface area contributed by atoms with Crippen LogP contribution in [0, 0.1) is 5.92 Å². The molecule has 112 valence electrons. The van der Waals surface area contributed by atoms with Crippen LogP contribution in [0.4, 0.5) is 5.69 Å². The van der Waals surface area contributed by atoms with Crippen molar-refractivity contribution in [1.29, 1.82) is 0 Å². The zero-order valence-electron chi connectivity index (χ0n) is 12.8. The van der Waals surface area contributed by atoms with Gasteiger partial charge in [0.05, 0.1) is 0 Å². The second-order valence-corrected chi connectivity index (χ2v) is 6.37. The lowest BCUT2D eigenvalue weighted by molar-refractivity contribution is 0.362. The topological polar surface area (TPSA) is 15.3 Å². The Hall–Kier alpha value is -0.730. The molecular formula is C17H27ClN2. The van der Waals surface area contributed by atoms with Gasteiger partial charge in [-0.2, -0.15) is 0 Å². The highest BCUT2D eigenvalue weighted by atomic mass is 35.5. The lowest BCUT2D eigenvalue weighted by atomic mass is 9.89. The molecule has 20 heavy (non-hydrogen) atoms. The lowest BCUT2D eigenvalue weighted by Crippen LogP contribution is -2.28. The molecule has 1 fully saturated rings. The van der Waals surface area contributed by atoms with Gasteiger partial charge in [-0.15, -0.1) is 0 Å². The fourth-order valence-corrected chi connectivity index (χ4v) is 3.38. The highest BCUT2D eigenvalue weighted by Crippen LogP contribution is 2.28. The van der Waals surface area contributed by atoms with Crippen LogP contribution < -0.4 is 10.2 Å². The zero-order valence-corrected chi connectivity index (χ0v) is 13.5. The minimum atomic E-state index is 0.827. The summed E-state index contributed by atoms with van der Waals surface area (Å²) >= 11 is 6.15. The van der Waals surface area contributed by atoms with E-state index in [0.29, 0.717) is 0 Å². The van der Waals surface area contributed by atoms with Crippen LogP contribution in [0.2, 0.25) is 5.02 Å². The van der Waals surface area contributed by atoms with Crippen LogP contribution in [0.5, 0.6) is 0 Å². The average molecular weight is 295 g/mol. The number of anilines is 1. The van der Waals surface area contributed by atoms with Gasteiger partial charge in [-0.25, -0.2) is 0 Å². The van der Waals surface area contributed by atoms with Gasteiger partial charge in [-0.3, -0.25) is 0 Å². The third-order valence-corrected chi connectivity index (χ3v) is 4.51. The number of rotatable bonds is 6. The second kappa shape index (κ2) is 7.90. The quantitative estimate of drug-likeness (QED) is 0.833. The van der Waals surface area contributed by atoms with Crippen molar-refractivity contribution >= 4 is 17.3 Å². The van der Waals surface area contributed by atoms with E-state index >= 15 is 0 Å². The molecule has 2 rings (SSSR count). The molecule has 1 aliphatic rings. The molecule has 0 aliphatic heterocycles. The third kappa shape index (κ3) is 4.39. The normalized spacial score (nSPS) is 16.4. The maximum absolute atomic E-state index is 6.15. The van der Waals surface area contributed by atoms with E-state index in [1.807, 2.05) is 6.07 Å². The van der Waals surface area contributed by atoms with Gasteiger partial charge >= 0.3 is 0 Å². The van der Waals surface area contributed by atoms with Crippen LogP contribution in [0.25, 0.3) is 0 Å². The highest BCUT2D eigenvalue weighted by molar-refractivity contribution is 6.30. The maximum Gasteiger partial charge on any atom is 0.0410 e. The van der Waals surface area contributed by atoms with E-state index in [2.05, 4.69) is 36.3 Å². The first-order chi connectivity index (χ1) is 9.70. The Morgan fingerprint density at radius 2 is 2.00 bits per heavy atom. The van der Waals surface area contributed by atoms with E-state index in [4.69, 9.17) is 11.6 Å². The zero-order chi connectivity index (χ0) is 14.4. The van der Waals surface area contributed by atoms with E-state index in [1.54, 1.807) is 0 Å². The molecule has 0 radical (unpaired) electrons. The van der Waals surface area contributed by atoms with E-state index < -0.39 is 0 Å². The number of hydrogen-bond donors (Lipinski definition) is 1.